The fraction of sp³-hybridized carbons (Fsp3) is 0.306. The van der Waals surface area contributed by atoms with Crippen LogP contribution in [0.1, 0.15) is 50.8 Å². The van der Waals surface area contributed by atoms with Crippen LogP contribution in [0.2, 0.25) is 5.02 Å². The Morgan fingerprint density at radius 1 is 1.00 bits per heavy atom. The molecule has 8 nitrogen and oxygen atoms in total. The second kappa shape index (κ2) is 12.4. The molecule has 1 aliphatic heterocycles. The van der Waals surface area contributed by atoms with Gasteiger partial charge in [0.2, 0.25) is 0 Å². The Morgan fingerprint density at radius 3 is 2.64 bits per heavy atom. The van der Waals surface area contributed by atoms with E-state index >= 15 is 0 Å². The van der Waals surface area contributed by atoms with E-state index in [9.17, 15) is 14.3 Å². The first-order chi connectivity index (χ1) is 22.6. The lowest BCUT2D eigenvalue weighted by molar-refractivity contribution is 0.0684. The van der Waals surface area contributed by atoms with Gasteiger partial charge in [-0.2, -0.15) is 10.2 Å². The van der Waals surface area contributed by atoms with Crippen LogP contribution in [0.5, 0.6) is 5.75 Å². The van der Waals surface area contributed by atoms with Gasteiger partial charge in [-0.25, -0.2) is 9.18 Å². The summed E-state index contributed by atoms with van der Waals surface area (Å²) in [7, 11) is 3.89. The maximum atomic E-state index is 14.3. The standard InChI is InChI=1S/C36H35ClFN5O3S/c1-20-32-30-11-10-28(37)34(32)33-21(2)41(3)40-29(33)19-47-18-25-17-26(42(4)39-25)8-6-22-14-23-16-24(38)7-9-27(23)31(15-22)46-13-5-12-43(30)35(20)36(44)45/h7,9-11,14-17H,5-6,8,12-13,18-19H2,1-4H3,(H,44,45). The number of aryl methyl sites for hydroxylation is 6. The van der Waals surface area contributed by atoms with Crippen LogP contribution in [0.25, 0.3) is 32.8 Å². The van der Waals surface area contributed by atoms with Gasteiger partial charge in [-0.3, -0.25) is 9.36 Å². The largest absolute Gasteiger partial charge is 0.493 e. The Labute approximate surface area is 281 Å². The summed E-state index contributed by atoms with van der Waals surface area (Å²) in [6, 6.07) is 14.7. The highest BCUT2D eigenvalue weighted by atomic mass is 35.5. The van der Waals surface area contributed by atoms with Gasteiger partial charge >= 0.3 is 5.97 Å². The van der Waals surface area contributed by atoms with Crippen molar-refractivity contribution in [1.29, 1.82) is 0 Å². The Balaban J connectivity index is 1.36. The topological polar surface area (TPSA) is 87.1 Å². The molecule has 8 bridgehead atoms. The quantitative estimate of drug-likeness (QED) is 0.190. The fourth-order valence-corrected chi connectivity index (χ4v) is 8.00. The van der Waals surface area contributed by atoms with Gasteiger partial charge in [0, 0.05) is 76.0 Å². The minimum absolute atomic E-state index is 0.233. The highest BCUT2D eigenvalue weighted by molar-refractivity contribution is 7.97. The maximum absolute atomic E-state index is 14.3. The molecule has 0 atom stereocenters. The van der Waals surface area contributed by atoms with Crippen LogP contribution in [0.15, 0.2) is 48.5 Å². The minimum Gasteiger partial charge on any atom is -0.493 e. The highest BCUT2D eigenvalue weighted by Crippen LogP contribution is 2.43. The number of aromatic nitrogens is 5. The molecular formula is C36H35ClFN5O3S. The molecule has 0 aliphatic carbocycles. The van der Waals surface area contributed by atoms with E-state index in [0.717, 1.165) is 74.0 Å². The van der Waals surface area contributed by atoms with Crippen molar-refractivity contribution >= 4 is 51.0 Å². The lowest BCUT2D eigenvalue weighted by Gasteiger charge is -2.14. The number of hydrogen-bond acceptors (Lipinski definition) is 5. The molecule has 7 rings (SSSR count). The number of nitrogens with zero attached hydrogens (tertiary/aromatic N) is 5. The number of rotatable bonds is 1. The molecule has 0 amide bonds. The third-order valence-corrected chi connectivity index (χ3v) is 10.5. The number of carbonyl (C=O) groups is 1. The number of carboxylic acid groups (broad SMARTS) is 1. The van der Waals surface area contributed by atoms with Crippen molar-refractivity contribution in [1.82, 2.24) is 24.1 Å². The number of ether oxygens (including phenoxy) is 1. The number of hydrogen-bond donors (Lipinski definition) is 1. The zero-order chi connectivity index (χ0) is 33.0. The predicted octanol–water partition coefficient (Wildman–Crippen LogP) is 8.04. The Bertz CT molecular complexity index is 2200. The summed E-state index contributed by atoms with van der Waals surface area (Å²) in [5.41, 5.74) is 8.44. The van der Waals surface area contributed by atoms with E-state index in [1.807, 2.05) is 66.1 Å². The molecule has 47 heavy (non-hydrogen) atoms. The molecule has 4 heterocycles. The first-order valence-electron chi connectivity index (χ1n) is 15.6. The molecule has 1 aliphatic rings. The summed E-state index contributed by atoms with van der Waals surface area (Å²) in [6.07, 6.45) is 2.07. The number of halogens is 2. The molecule has 0 unspecified atom stereocenters. The summed E-state index contributed by atoms with van der Waals surface area (Å²) in [5.74, 6) is 0.730. The van der Waals surface area contributed by atoms with Crippen molar-refractivity contribution < 1.29 is 19.0 Å². The normalized spacial score (nSPS) is 14.3. The first kappa shape index (κ1) is 31.3. The van der Waals surface area contributed by atoms with Gasteiger partial charge in [0.05, 0.1) is 18.0 Å². The van der Waals surface area contributed by atoms with Crippen LogP contribution in [0, 0.1) is 19.7 Å². The van der Waals surface area contributed by atoms with Crippen LogP contribution in [0.3, 0.4) is 0 Å². The summed E-state index contributed by atoms with van der Waals surface area (Å²) >= 11 is 8.70. The number of benzene rings is 3. The number of thioether (sulfide) groups is 1. The van der Waals surface area contributed by atoms with Crippen LogP contribution in [-0.2, 0) is 45.0 Å². The summed E-state index contributed by atoms with van der Waals surface area (Å²) in [4.78, 5) is 12.7. The predicted molar refractivity (Wildman–Crippen MR) is 185 cm³/mol. The van der Waals surface area contributed by atoms with Crippen molar-refractivity contribution in [3.8, 4) is 16.9 Å². The van der Waals surface area contributed by atoms with E-state index in [0.29, 0.717) is 47.4 Å². The Morgan fingerprint density at radius 2 is 1.83 bits per heavy atom. The van der Waals surface area contributed by atoms with Crippen LogP contribution in [0.4, 0.5) is 4.39 Å². The average Bonchev–Trinajstić information content (AvgIpc) is 3.63. The van der Waals surface area contributed by atoms with Crippen molar-refractivity contribution in [3.63, 3.8) is 0 Å². The second-order valence-corrected chi connectivity index (χ2v) is 13.6. The zero-order valence-electron chi connectivity index (χ0n) is 26.7. The van der Waals surface area contributed by atoms with E-state index in [4.69, 9.17) is 26.5 Å². The molecule has 242 valence electrons. The second-order valence-electron chi connectivity index (χ2n) is 12.2. The van der Waals surface area contributed by atoms with E-state index in [1.54, 1.807) is 17.8 Å². The molecule has 0 radical (unpaired) electrons. The van der Waals surface area contributed by atoms with Crippen LogP contribution in [-0.4, -0.2) is 41.8 Å². The van der Waals surface area contributed by atoms with Crippen LogP contribution < -0.4 is 4.74 Å². The van der Waals surface area contributed by atoms with Crippen molar-refractivity contribution in [2.24, 2.45) is 14.1 Å². The maximum Gasteiger partial charge on any atom is 0.352 e. The summed E-state index contributed by atoms with van der Waals surface area (Å²) < 4.78 is 26.3. The smallest absolute Gasteiger partial charge is 0.352 e. The summed E-state index contributed by atoms with van der Waals surface area (Å²) in [6.45, 7) is 4.65. The summed E-state index contributed by atoms with van der Waals surface area (Å²) in [5, 5.41) is 23.1. The third kappa shape index (κ3) is 5.67. The van der Waals surface area contributed by atoms with E-state index < -0.39 is 5.97 Å². The molecule has 11 heteroatoms. The number of aromatic carboxylic acids is 1. The van der Waals surface area contributed by atoms with Crippen LogP contribution >= 0.6 is 23.4 Å². The fourth-order valence-electron chi connectivity index (χ4n) is 6.90. The van der Waals surface area contributed by atoms with Gasteiger partial charge in [0.1, 0.15) is 17.3 Å². The van der Waals surface area contributed by atoms with E-state index in [-0.39, 0.29) is 11.5 Å². The molecule has 3 aromatic heterocycles. The number of fused-ring (bicyclic) bond motifs is 8. The van der Waals surface area contributed by atoms with Gasteiger partial charge in [0.15, 0.2) is 0 Å². The van der Waals surface area contributed by atoms with Crippen molar-refractivity contribution in [3.05, 3.63) is 99.0 Å². The average molecular weight is 672 g/mol. The van der Waals surface area contributed by atoms with Gasteiger partial charge in [-0.15, -0.1) is 11.8 Å². The molecule has 1 N–H and O–H groups in total. The van der Waals surface area contributed by atoms with Gasteiger partial charge < -0.3 is 14.4 Å². The SMILES string of the molecule is Cc1c(C(=O)O)n2c3ccc(Cl)c(c13)-c1c(nn(C)c1C)CSCc1cc(n(C)n1)CCc1cc(c3ccc(F)cc3c1)OCCC2. The Kier molecular flexibility index (Phi) is 8.26. The van der Waals surface area contributed by atoms with Gasteiger partial charge in [0.25, 0.3) is 0 Å². The van der Waals surface area contributed by atoms with Gasteiger partial charge in [-0.05, 0) is 92.1 Å². The molecular weight excluding hydrogens is 637 g/mol. The third-order valence-electron chi connectivity index (χ3n) is 9.19. The Hall–Kier alpha value is -4.28. The first-order valence-corrected chi connectivity index (χ1v) is 17.2. The van der Waals surface area contributed by atoms with Gasteiger partial charge in [-0.1, -0.05) is 17.7 Å². The van der Waals surface area contributed by atoms with E-state index in [1.165, 1.54) is 12.1 Å². The van der Waals surface area contributed by atoms with Crippen molar-refractivity contribution in [2.75, 3.05) is 6.61 Å². The molecule has 3 aromatic carbocycles. The van der Waals surface area contributed by atoms with E-state index in [2.05, 4.69) is 6.07 Å². The molecule has 6 aromatic rings. The minimum atomic E-state index is -0.995. The highest BCUT2D eigenvalue weighted by Gasteiger charge is 2.27. The lowest BCUT2D eigenvalue weighted by atomic mass is 9.97. The number of carboxylic acids is 1. The monoisotopic (exact) mass is 671 g/mol. The molecule has 0 spiro atoms. The molecule has 0 saturated heterocycles. The molecule has 0 saturated carbocycles. The van der Waals surface area contributed by atoms with Crippen molar-refractivity contribution in [2.45, 2.75) is 51.2 Å². The molecule has 0 fully saturated rings. The zero-order valence-corrected chi connectivity index (χ0v) is 28.3. The lowest BCUT2D eigenvalue weighted by Crippen LogP contribution is -2.12.